The van der Waals surface area contributed by atoms with Crippen molar-refractivity contribution in [1.82, 2.24) is 4.72 Å². The maximum absolute atomic E-state index is 12.4. The topological polar surface area (TPSA) is 95.9 Å². The number of nitrogens with zero attached hydrogens (tertiary/aromatic N) is 1. The first-order chi connectivity index (χ1) is 10.8. The largest absolute Gasteiger partial charge is 0.487 e. The minimum atomic E-state index is -3.78. The highest BCUT2D eigenvalue weighted by atomic mass is 32.2. The van der Waals surface area contributed by atoms with Crippen LogP contribution in [-0.2, 0) is 14.8 Å². The van der Waals surface area contributed by atoms with E-state index < -0.39 is 16.1 Å². The number of benzene rings is 1. The summed E-state index contributed by atoms with van der Waals surface area (Å²) in [6, 6.07) is 3.86. The Bertz CT molecular complexity index is 685. The minimum absolute atomic E-state index is 0.0348. The fraction of sp³-hybridized carbons (Fsp3) is 0.533. The highest BCUT2D eigenvalue weighted by molar-refractivity contribution is 7.89. The summed E-state index contributed by atoms with van der Waals surface area (Å²) >= 11 is 0. The molecule has 8 heteroatoms. The van der Waals surface area contributed by atoms with E-state index in [1.165, 1.54) is 24.0 Å². The smallest absolute Gasteiger partial charge is 0.240 e. The molecule has 1 heterocycles. The summed E-state index contributed by atoms with van der Waals surface area (Å²) in [6.45, 7) is 5.15. The molecule has 1 amide bonds. The van der Waals surface area contributed by atoms with Crippen molar-refractivity contribution in [3.8, 4) is 5.75 Å². The van der Waals surface area contributed by atoms with Crippen molar-refractivity contribution < 1.29 is 23.1 Å². The van der Waals surface area contributed by atoms with Gasteiger partial charge in [0.05, 0.1) is 23.7 Å². The van der Waals surface area contributed by atoms with E-state index in [9.17, 15) is 18.3 Å². The van der Waals surface area contributed by atoms with Gasteiger partial charge in [-0.15, -0.1) is 0 Å². The number of carbonyl (C=O) groups is 1. The molecular formula is C15H22N2O5S. The first-order valence-corrected chi connectivity index (χ1v) is 8.98. The van der Waals surface area contributed by atoms with Gasteiger partial charge in [0.15, 0.2) is 0 Å². The summed E-state index contributed by atoms with van der Waals surface area (Å²) in [5.74, 6) is 0.304. The molecular weight excluding hydrogens is 320 g/mol. The highest BCUT2D eigenvalue weighted by Crippen LogP contribution is 2.35. The van der Waals surface area contributed by atoms with Crippen LogP contribution in [0.5, 0.6) is 5.75 Å². The average Bonchev–Trinajstić information content (AvgIpc) is 2.51. The van der Waals surface area contributed by atoms with Crippen molar-refractivity contribution >= 4 is 21.6 Å². The predicted molar refractivity (Wildman–Crippen MR) is 86.0 cm³/mol. The van der Waals surface area contributed by atoms with Crippen LogP contribution in [0.3, 0.4) is 0 Å². The van der Waals surface area contributed by atoms with Gasteiger partial charge in [-0.3, -0.25) is 4.79 Å². The molecule has 0 saturated heterocycles. The number of amides is 1. The van der Waals surface area contributed by atoms with Crippen LogP contribution in [0.2, 0.25) is 0 Å². The van der Waals surface area contributed by atoms with Gasteiger partial charge in [0.2, 0.25) is 15.9 Å². The second-order valence-electron chi connectivity index (χ2n) is 5.60. The summed E-state index contributed by atoms with van der Waals surface area (Å²) in [5, 5.41) is 9.17. The molecule has 0 radical (unpaired) electrons. The number of ether oxygens (including phenoxy) is 1. The van der Waals surface area contributed by atoms with E-state index in [0.29, 0.717) is 24.4 Å². The van der Waals surface area contributed by atoms with Gasteiger partial charge in [-0.25, -0.2) is 13.1 Å². The van der Waals surface area contributed by atoms with Gasteiger partial charge in [0.25, 0.3) is 0 Å². The first kappa shape index (κ1) is 17.7. The number of nitrogens with one attached hydrogen (secondary N) is 1. The van der Waals surface area contributed by atoms with Crippen molar-refractivity contribution in [3.05, 3.63) is 18.2 Å². The maximum Gasteiger partial charge on any atom is 0.240 e. The van der Waals surface area contributed by atoms with E-state index >= 15 is 0 Å². The van der Waals surface area contributed by atoms with Crippen LogP contribution >= 0.6 is 0 Å². The molecule has 0 aliphatic carbocycles. The molecule has 0 saturated carbocycles. The zero-order valence-corrected chi connectivity index (χ0v) is 14.3. The number of hydrogen-bond donors (Lipinski definition) is 2. The number of carbonyl (C=O) groups excluding carboxylic acids is 1. The van der Waals surface area contributed by atoms with Gasteiger partial charge in [-0.05, 0) is 31.5 Å². The van der Waals surface area contributed by atoms with Gasteiger partial charge in [0.1, 0.15) is 11.9 Å². The van der Waals surface area contributed by atoms with Crippen LogP contribution in [0.1, 0.15) is 27.2 Å². The highest BCUT2D eigenvalue weighted by Gasteiger charge is 2.28. The van der Waals surface area contributed by atoms with Crippen LogP contribution in [-0.4, -0.2) is 44.7 Å². The number of fused-ring (bicyclic) bond motifs is 1. The zero-order valence-electron chi connectivity index (χ0n) is 13.4. The predicted octanol–water partition coefficient (Wildman–Crippen LogP) is 0.870. The molecule has 0 spiro atoms. The molecule has 0 fully saturated rings. The monoisotopic (exact) mass is 342 g/mol. The van der Waals surface area contributed by atoms with E-state index in [-0.39, 0.29) is 23.5 Å². The van der Waals surface area contributed by atoms with E-state index in [2.05, 4.69) is 4.72 Å². The lowest BCUT2D eigenvalue weighted by Crippen LogP contribution is -2.41. The number of sulfonamides is 1. The lowest BCUT2D eigenvalue weighted by atomic mass is 10.2. The Labute approximate surface area is 136 Å². The van der Waals surface area contributed by atoms with E-state index in [1.54, 1.807) is 13.0 Å². The summed E-state index contributed by atoms with van der Waals surface area (Å²) in [7, 11) is -3.78. The molecule has 1 aromatic carbocycles. The normalized spacial score (nSPS) is 19.0. The van der Waals surface area contributed by atoms with Crippen LogP contribution in [0.15, 0.2) is 23.1 Å². The molecule has 0 bridgehead atoms. The van der Waals surface area contributed by atoms with Gasteiger partial charge in [0, 0.05) is 13.0 Å². The van der Waals surface area contributed by atoms with Crippen molar-refractivity contribution in [2.45, 2.75) is 44.2 Å². The molecule has 23 heavy (non-hydrogen) atoms. The number of anilines is 1. The lowest BCUT2D eigenvalue weighted by molar-refractivity contribution is -0.117. The lowest BCUT2D eigenvalue weighted by Gasteiger charge is -2.33. The van der Waals surface area contributed by atoms with Gasteiger partial charge in [-0.1, -0.05) is 6.92 Å². The summed E-state index contributed by atoms with van der Waals surface area (Å²) in [5.41, 5.74) is 0.440. The number of aliphatic hydroxyl groups excluding tert-OH is 1. The molecule has 1 aliphatic heterocycles. The fourth-order valence-electron chi connectivity index (χ4n) is 2.42. The molecule has 2 unspecified atom stereocenters. The van der Waals surface area contributed by atoms with Crippen molar-refractivity contribution in [3.63, 3.8) is 0 Å². The molecule has 128 valence electrons. The van der Waals surface area contributed by atoms with E-state index in [4.69, 9.17) is 4.74 Å². The van der Waals surface area contributed by atoms with Crippen LogP contribution in [0.4, 0.5) is 5.69 Å². The zero-order chi connectivity index (χ0) is 17.2. The fourth-order valence-corrected chi connectivity index (χ4v) is 3.75. The Kier molecular flexibility index (Phi) is 5.28. The van der Waals surface area contributed by atoms with Gasteiger partial charge >= 0.3 is 0 Å². The maximum atomic E-state index is 12.4. The third-order valence-corrected chi connectivity index (χ3v) is 5.23. The third-order valence-electron chi connectivity index (χ3n) is 3.71. The van der Waals surface area contributed by atoms with Crippen molar-refractivity contribution in [2.24, 2.45) is 0 Å². The summed E-state index contributed by atoms with van der Waals surface area (Å²) in [4.78, 5) is 13.4. The molecule has 2 atom stereocenters. The first-order valence-electron chi connectivity index (χ1n) is 7.50. The molecule has 0 aromatic heterocycles. The Morgan fingerprint density at radius 2 is 2.22 bits per heavy atom. The van der Waals surface area contributed by atoms with Gasteiger partial charge < -0.3 is 14.7 Å². The minimum Gasteiger partial charge on any atom is -0.487 e. The quantitative estimate of drug-likeness (QED) is 0.828. The number of aliphatic hydroxyl groups is 1. The molecule has 1 aliphatic rings. The summed E-state index contributed by atoms with van der Waals surface area (Å²) < 4.78 is 32.9. The SMILES string of the molecule is CCC(CO)NS(=O)(=O)c1ccc2c(c1)N(C(C)=O)CC(C)O2. The van der Waals surface area contributed by atoms with Crippen LogP contribution < -0.4 is 14.4 Å². The number of hydrogen-bond acceptors (Lipinski definition) is 5. The Morgan fingerprint density at radius 1 is 1.52 bits per heavy atom. The van der Waals surface area contributed by atoms with Crippen LogP contribution in [0, 0.1) is 0 Å². The van der Waals surface area contributed by atoms with E-state index in [1.807, 2.05) is 6.92 Å². The average molecular weight is 342 g/mol. The molecule has 2 rings (SSSR count). The van der Waals surface area contributed by atoms with Crippen LogP contribution in [0.25, 0.3) is 0 Å². The molecule has 7 nitrogen and oxygen atoms in total. The van der Waals surface area contributed by atoms with Crippen molar-refractivity contribution in [1.29, 1.82) is 0 Å². The molecule has 2 N–H and O–H groups in total. The second-order valence-corrected chi connectivity index (χ2v) is 7.31. The Hall–Kier alpha value is -1.64. The Morgan fingerprint density at radius 3 is 2.78 bits per heavy atom. The van der Waals surface area contributed by atoms with E-state index in [0.717, 1.165) is 0 Å². The van der Waals surface area contributed by atoms with Gasteiger partial charge in [-0.2, -0.15) is 0 Å². The van der Waals surface area contributed by atoms with Crippen molar-refractivity contribution in [2.75, 3.05) is 18.1 Å². The standard InChI is InChI=1S/C15H22N2O5S/c1-4-12(9-18)16-23(20,21)13-5-6-15-14(7-13)17(11(3)19)8-10(2)22-15/h5-7,10,12,16,18H,4,8-9H2,1-3H3. The number of rotatable bonds is 5. The third kappa shape index (κ3) is 3.82. The summed E-state index contributed by atoms with van der Waals surface area (Å²) in [6.07, 6.45) is 0.312. The Balaban J connectivity index is 2.40. The second kappa shape index (κ2) is 6.86. The molecule has 1 aromatic rings.